The van der Waals surface area contributed by atoms with E-state index < -0.39 is 0 Å². The Labute approximate surface area is 118 Å². The number of aromatic nitrogens is 1. The molecule has 2 atom stereocenters. The lowest BCUT2D eigenvalue weighted by atomic mass is 10.1. The summed E-state index contributed by atoms with van der Waals surface area (Å²) in [6.45, 7) is -0.211. The summed E-state index contributed by atoms with van der Waals surface area (Å²) >= 11 is 0. The molecule has 0 radical (unpaired) electrons. The molecule has 2 unspecified atom stereocenters. The van der Waals surface area contributed by atoms with Crippen LogP contribution in [0.25, 0.3) is 0 Å². The lowest BCUT2D eigenvalue weighted by Crippen LogP contribution is -2.33. The molecule has 5 nitrogen and oxygen atoms in total. The van der Waals surface area contributed by atoms with E-state index >= 15 is 0 Å². The molecule has 1 aromatic heterocycles. The summed E-state index contributed by atoms with van der Waals surface area (Å²) in [6.07, 6.45) is 6.07. The predicted molar refractivity (Wildman–Crippen MR) is 74.1 cm³/mol. The number of carbonyl (C=O) groups is 1. The van der Waals surface area contributed by atoms with Crippen LogP contribution in [0, 0.1) is 11.8 Å². The second kappa shape index (κ2) is 7.04. The molecule has 0 bridgehead atoms. The largest absolute Gasteiger partial charge is 0.384 e. The minimum atomic E-state index is -0.211. The van der Waals surface area contributed by atoms with Crippen molar-refractivity contribution in [3.63, 3.8) is 0 Å². The standard InChI is InChI=1S/C15H18N2O3/c1-20-14-5-4-13(8-14)17-15(19)12-7-11(3-2-6-18)9-16-10-12/h7,9-10,13-14,18H,4-6,8H2,1H3,(H,17,19). The van der Waals surface area contributed by atoms with Gasteiger partial charge in [0.15, 0.2) is 0 Å². The molecule has 5 heteroatoms. The topological polar surface area (TPSA) is 71.5 Å². The van der Waals surface area contributed by atoms with Crippen LogP contribution in [0.15, 0.2) is 18.5 Å². The van der Waals surface area contributed by atoms with E-state index in [4.69, 9.17) is 9.84 Å². The first-order valence-electron chi connectivity index (χ1n) is 6.61. The molecule has 1 saturated carbocycles. The van der Waals surface area contributed by atoms with E-state index in [9.17, 15) is 4.79 Å². The zero-order valence-electron chi connectivity index (χ0n) is 11.4. The summed E-state index contributed by atoms with van der Waals surface area (Å²) in [7, 11) is 1.70. The summed E-state index contributed by atoms with van der Waals surface area (Å²) < 4.78 is 5.29. The lowest BCUT2D eigenvalue weighted by Gasteiger charge is -2.12. The van der Waals surface area contributed by atoms with Crippen LogP contribution < -0.4 is 5.32 Å². The third-order valence-electron chi connectivity index (χ3n) is 3.37. The van der Waals surface area contributed by atoms with Gasteiger partial charge in [0.05, 0.1) is 11.7 Å². The molecule has 20 heavy (non-hydrogen) atoms. The third kappa shape index (κ3) is 3.80. The fraction of sp³-hybridized carbons (Fsp3) is 0.467. The molecule has 1 heterocycles. The maximum atomic E-state index is 12.1. The molecule has 1 fully saturated rings. The average Bonchev–Trinajstić information content (AvgIpc) is 2.93. The molecule has 0 aromatic carbocycles. The van der Waals surface area contributed by atoms with Crippen LogP contribution in [0.1, 0.15) is 35.2 Å². The van der Waals surface area contributed by atoms with E-state index in [1.807, 2.05) is 0 Å². The van der Waals surface area contributed by atoms with E-state index in [1.54, 1.807) is 19.4 Å². The number of nitrogens with zero attached hydrogens (tertiary/aromatic N) is 1. The van der Waals surface area contributed by atoms with Gasteiger partial charge in [0.1, 0.15) is 6.61 Å². The SMILES string of the molecule is COC1CCC(NC(=O)c2cncc(C#CCO)c2)C1. The van der Waals surface area contributed by atoms with Crippen LogP contribution in [0.5, 0.6) is 0 Å². The Morgan fingerprint density at radius 3 is 3.10 bits per heavy atom. The van der Waals surface area contributed by atoms with Gasteiger partial charge in [-0.1, -0.05) is 11.8 Å². The van der Waals surface area contributed by atoms with Crippen molar-refractivity contribution in [3.8, 4) is 11.8 Å². The number of nitrogens with one attached hydrogen (secondary N) is 1. The highest BCUT2D eigenvalue weighted by molar-refractivity contribution is 5.94. The fourth-order valence-electron chi connectivity index (χ4n) is 2.33. The number of methoxy groups -OCH3 is 1. The second-order valence-corrected chi connectivity index (χ2v) is 4.76. The molecular weight excluding hydrogens is 256 g/mol. The van der Waals surface area contributed by atoms with Crippen LogP contribution in [0.4, 0.5) is 0 Å². The number of rotatable bonds is 3. The third-order valence-corrected chi connectivity index (χ3v) is 3.37. The summed E-state index contributed by atoms with van der Waals surface area (Å²) in [6, 6.07) is 1.83. The van der Waals surface area contributed by atoms with Crippen LogP contribution in [0.3, 0.4) is 0 Å². The zero-order valence-corrected chi connectivity index (χ0v) is 11.4. The Bertz CT molecular complexity index is 533. The molecule has 2 rings (SSSR count). The molecule has 0 saturated heterocycles. The number of aliphatic hydroxyl groups is 1. The van der Waals surface area contributed by atoms with Gasteiger partial charge in [-0.15, -0.1) is 0 Å². The monoisotopic (exact) mass is 274 g/mol. The Kier molecular flexibility index (Phi) is 5.10. The van der Waals surface area contributed by atoms with E-state index in [1.165, 1.54) is 6.20 Å². The van der Waals surface area contributed by atoms with E-state index in [0.717, 1.165) is 19.3 Å². The van der Waals surface area contributed by atoms with Gasteiger partial charge in [-0.25, -0.2) is 0 Å². The first kappa shape index (κ1) is 14.5. The number of carbonyl (C=O) groups excluding carboxylic acids is 1. The van der Waals surface area contributed by atoms with Crippen LogP contribution in [-0.2, 0) is 4.74 Å². The van der Waals surface area contributed by atoms with Crippen molar-refractivity contribution < 1.29 is 14.6 Å². The minimum absolute atomic E-state index is 0.146. The number of pyridine rings is 1. The van der Waals surface area contributed by atoms with Crippen molar-refractivity contribution in [2.75, 3.05) is 13.7 Å². The molecule has 0 aliphatic heterocycles. The number of hydrogen-bond acceptors (Lipinski definition) is 4. The summed E-state index contributed by atoms with van der Waals surface area (Å²) in [5.41, 5.74) is 1.10. The zero-order chi connectivity index (χ0) is 14.4. The summed E-state index contributed by atoms with van der Waals surface area (Å²) in [5.74, 6) is 5.13. The lowest BCUT2D eigenvalue weighted by molar-refractivity contribution is 0.0914. The van der Waals surface area contributed by atoms with Gasteiger partial charge in [-0.2, -0.15) is 0 Å². The van der Waals surface area contributed by atoms with Crippen molar-refractivity contribution >= 4 is 5.91 Å². The highest BCUT2D eigenvalue weighted by atomic mass is 16.5. The van der Waals surface area contributed by atoms with Crippen LogP contribution in [-0.4, -0.2) is 41.9 Å². The Balaban J connectivity index is 1.99. The smallest absolute Gasteiger partial charge is 0.253 e. The van der Waals surface area contributed by atoms with Gasteiger partial charge in [0, 0.05) is 31.1 Å². The van der Waals surface area contributed by atoms with Gasteiger partial charge in [0.2, 0.25) is 0 Å². The summed E-state index contributed by atoms with van der Waals surface area (Å²) in [5, 5.41) is 11.6. The first-order chi connectivity index (χ1) is 9.72. The van der Waals surface area contributed by atoms with E-state index in [2.05, 4.69) is 22.1 Å². The minimum Gasteiger partial charge on any atom is -0.384 e. The van der Waals surface area contributed by atoms with Crippen molar-refractivity contribution in [3.05, 3.63) is 29.6 Å². The van der Waals surface area contributed by atoms with Gasteiger partial charge in [0.25, 0.3) is 5.91 Å². The molecule has 2 N–H and O–H groups in total. The maximum Gasteiger partial charge on any atom is 0.253 e. The Morgan fingerprint density at radius 2 is 2.40 bits per heavy atom. The summed E-state index contributed by atoms with van der Waals surface area (Å²) in [4.78, 5) is 16.1. The molecule has 1 aromatic rings. The molecular formula is C15H18N2O3. The van der Waals surface area contributed by atoms with E-state index in [-0.39, 0.29) is 24.7 Å². The predicted octanol–water partition coefficient (Wildman–Crippen LogP) is 0.723. The highest BCUT2D eigenvalue weighted by Gasteiger charge is 2.25. The molecule has 1 aliphatic rings. The van der Waals surface area contributed by atoms with Gasteiger partial charge >= 0.3 is 0 Å². The quantitative estimate of drug-likeness (QED) is 0.797. The number of ether oxygens (including phenoxy) is 1. The van der Waals surface area contributed by atoms with Crippen molar-refractivity contribution in [1.29, 1.82) is 0 Å². The number of aliphatic hydroxyl groups excluding tert-OH is 1. The normalized spacial score (nSPS) is 21.1. The Morgan fingerprint density at radius 1 is 1.55 bits per heavy atom. The maximum absolute atomic E-state index is 12.1. The highest BCUT2D eigenvalue weighted by Crippen LogP contribution is 2.21. The average molecular weight is 274 g/mol. The van der Waals surface area contributed by atoms with Crippen molar-refractivity contribution in [2.45, 2.75) is 31.4 Å². The van der Waals surface area contributed by atoms with E-state index in [0.29, 0.717) is 11.1 Å². The molecule has 106 valence electrons. The second-order valence-electron chi connectivity index (χ2n) is 4.76. The number of hydrogen-bond donors (Lipinski definition) is 2. The van der Waals surface area contributed by atoms with Gasteiger partial charge < -0.3 is 15.2 Å². The van der Waals surface area contributed by atoms with Gasteiger partial charge in [-0.05, 0) is 25.3 Å². The van der Waals surface area contributed by atoms with Crippen LogP contribution >= 0.6 is 0 Å². The van der Waals surface area contributed by atoms with Crippen LogP contribution in [0.2, 0.25) is 0 Å². The first-order valence-corrected chi connectivity index (χ1v) is 6.61. The molecule has 1 amide bonds. The van der Waals surface area contributed by atoms with Crippen molar-refractivity contribution in [2.24, 2.45) is 0 Å². The fourth-order valence-corrected chi connectivity index (χ4v) is 2.33. The molecule has 1 aliphatic carbocycles. The van der Waals surface area contributed by atoms with Gasteiger partial charge in [-0.3, -0.25) is 9.78 Å². The number of amides is 1. The molecule has 0 spiro atoms. The Hall–Kier alpha value is -1.90. The van der Waals surface area contributed by atoms with Crippen molar-refractivity contribution in [1.82, 2.24) is 10.3 Å².